The predicted octanol–water partition coefficient (Wildman–Crippen LogP) is -16.2. The highest BCUT2D eigenvalue weighted by Crippen LogP contribution is 2.35. The van der Waals surface area contributed by atoms with E-state index in [9.17, 15) is 171 Å². The van der Waals surface area contributed by atoms with Gasteiger partial charge in [0.25, 0.3) is 0 Å². The van der Waals surface area contributed by atoms with Crippen LogP contribution < -0.4 is 16.0 Å². The Bertz CT molecular complexity index is 3390. The molecule has 0 unspecified atom stereocenters. The number of nitrogens with zero attached hydrogens (tertiary/aromatic N) is 2. The van der Waals surface area contributed by atoms with Crippen molar-refractivity contribution in [3.05, 3.63) is 0 Å². The van der Waals surface area contributed by atoms with E-state index >= 15 is 0 Å². The molecule has 8 aliphatic heterocycles. The van der Waals surface area contributed by atoms with Crippen LogP contribution in [-0.2, 0) is 114 Å². The van der Waals surface area contributed by atoms with E-state index in [0.717, 1.165) is 9.80 Å². The number of aliphatic hydroxyl groups is 26. The Morgan fingerprint density at radius 3 is 0.899 bits per heavy atom. The van der Waals surface area contributed by atoms with Crippen LogP contribution in [0.4, 0.5) is 0 Å². The lowest BCUT2D eigenvalue weighted by molar-refractivity contribution is -0.366. The first kappa shape index (κ1) is 120. The molecule has 138 heavy (non-hydrogen) atoms. The fourth-order valence-electron chi connectivity index (χ4n) is 15.8. The Morgan fingerprint density at radius 2 is 0.558 bits per heavy atom. The van der Waals surface area contributed by atoms with Crippen molar-refractivity contribution in [2.75, 3.05) is 112 Å². The molecule has 8 saturated heterocycles. The summed E-state index contributed by atoms with van der Waals surface area (Å²) in [6.45, 7) is -1.47. The van der Waals surface area contributed by atoms with E-state index in [2.05, 4.69) is 16.0 Å². The summed E-state index contributed by atoms with van der Waals surface area (Å²) in [6.07, 6.45) is -63.2. The van der Waals surface area contributed by atoms with Crippen LogP contribution in [0.1, 0.15) is 118 Å². The number of carbonyl (C=O) groups is 8. The molecule has 8 rings (SSSR count). The van der Waals surface area contributed by atoms with Crippen molar-refractivity contribution < 1.29 is 247 Å². The van der Waals surface area contributed by atoms with E-state index in [0.29, 0.717) is 38.6 Å². The second kappa shape index (κ2) is 59.3. The van der Waals surface area contributed by atoms with Crippen LogP contribution in [-0.4, -0.2) is 547 Å². The van der Waals surface area contributed by atoms with Gasteiger partial charge in [-0.2, -0.15) is 0 Å². The summed E-state index contributed by atoms with van der Waals surface area (Å²) in [5.74, 6) is -3.68. The molecule has 0 bridgehead atoms. The molecule has 8 aliphatic rings. The number of Topliss-reactive ketones (excluding diaryl/α,β-unsaturated/α-hetero) is 3. The average molecular weight is 2010 g/mol. The third kappa shape index (κ3) is 34.4. The van der Waals surface area contributed by atoms with Gasteiger partial charge in [-0.1, -0.05) is 6.92 Å². The van der Waals surface area contributed by atoms with Gasteiger partial charge in [-0.15, -0.1) is 0 Å². The number of carbonyl (C=O) groups excluding carboxylic acids is 8. The normalized spacial score (nSPS) is 38.3. The Hall–Kier alpha value is -5.32. The van der Waals surface area contributed by atoms with Crippen molar-refractivity contribution in [1.29, 1.82) is 0 Å². The summed E-state index contributed by atoms with van der Waals surface area (Å²) in [5.41, 5.74) is 0. The number of nitrogens with one attached hydrogen (secondary N) is 3. The fourth-order valence-corrected chi connectivity index (χ4v) is 15.8. The zero-order chi connectivity index (χ0) is 102. The van der Waals surface area contributed by atoms with Gasteiger partial charge in [0.05, 0.1) is 104 Å². The van der Waals surface area contributed by atoms with Crippen LogP contribution in [0.25, 0.3) is 0 Å². The standard InChI is InChI=1S/C42H72N2O25.C41H71N3O25/c1-3-7-20(47)8-4-5-10-26(50)44(14-21(48)9-6-12-62-39-34(58)31(55)27(51)19(2)65-39)15-25(49)43-11-13-63-41-37(61)38(69-42-36(60)33(57)29(53)23(17-46)67-42)30(54)24(68-41)18-64-40-35(59)32(56)28(52)22(16-45)66-40;1-3-42-23(48)8-4-5-9-25(50)44(13-19(47)7-6-11-62-38-33(58)30(55)26(51)18(2)65-38)14-24(49)43-10-12-63-40-36(61)37(69-41-35(60)32(57)28(53)21(16-46)67-41)29(54)22(68-40)17-64-39-34(59)31(56)27(52)20(15-45)66-39/h19,22-24,27-42,45-46,51-61H,3-18H2,1-2H3,(H,43,49);18,20-22,26-41,45-46,51-61H,3-17H2,1-2H3,(H,42,48)(H,43,49)/t19-,22+,23+,24+,27+,28+,29+,30+,31+,32-,33-,34-,35-,36-,37-,38-,39+,40-,41-,42+;18-,20+,21+,22+,26+,27+,28+,29+,30+,31-,32-,33-,34-,35-,36-,37-,38+,39-,40-,41+/m00/s1. The summed E-state index contributed by atoms with van der Waals surface area (Å²) in [7, 11) is 0. The molecule has 0 aliphatic carbocycles. The molecule has 5 amide bonds. The predicted molar refractivity (Wildman–Crippen MR) is 450 cm³/mol. The van der Waals surface area contributed by atoms with Gasteiger partial charge in [0.2, 0.25) is 29.5 Å². The maximum absolute atomic E-state index is 13.3. The lowest BCUT2D eigenvalue weighted by atomic mass is 9.96. The van der Waals surface area contributed by atoms with E-state index in [1.54, 1.807) is 6.92 Å². The number of ether oxygens (including phenoxy) is 16. The second-order valence-electron chi connectivity index (χ2n) is 34.7. The van der Waals surface area contributed by atoms with Crippen LogP contribution in [0.3, 0.4) is 0 Å². The van der Waals surface area contributed by atoms with Crippen LogP contribution >= 0.6 is 0 Å². The van der Waals surface area contributed by atoms with Crippen LogP contribution in [0, 0.1) is 0 Å². The van der Waals surface area contributed by atoms with Crippen LogP contribution in [0.5, 0.6) is 0 Å². The molecule has 55 heteroatoms. The Kier molecular flexibility index (Phi) is 51.4. The minimum atomic E-state index is -1.97. The van der Waals surface area contributed by atoms with Gasteiger partial charge in [-0.25, -0.2) is 0 Å². The van der Waals surface area contributed by atoms with Gasteiger partial charge in [0.1, 0.15) is 189 Å². The highest BCUT2D eigenvalue weighted by atomic mass is 16.8. The van der Waals surface area contributed by atoms with Crippen molar-refractivity contribution >= 4 is 46.9 Å². The first-order valence-electron chi connectivity index (χ1n) is 46.0. The van der Waals surface area contributed by atoms with E-state index in [4.69, 9.17) is 75.8 Å². The first-order chi connectivity index (χ1) is 65.5. The average Bonchev–Trinajstić information content (AvgIpc) is 0.766. The van der Waals surface area contributed by atoms with Crippen molar-refractivity contribution in [2.24, 2.45) is 0 Å². The molecule has 29 N–H and O–H groups in total. The van der Waals surface area contributed by atoms with Crippen molar-refractivity contribution in [2.45, 2.75) is 363 Å². The highest BCUT2D eigenvalue weighted by molar-refractivity contribution is 5.91. The highest BCUT2D eigenvalue weighted by Gasteiger charge is 2.56. The monoisotopic (exact) mass is 2010 g/mol. The first-order valence-corrected chi connectivity index (χ1v) is 46.0. The fraction of sp³-hybridized carbons (Fsp3) is 0.904. The third-order valence-electron chi connectivity index (χ3n) is 24.1. The lowest BCUT2D eigenvalue weighted by Gasteiger charge is -2.46. The molecule has 800 valence electrons. The lowest BCUT2D eigenvalue weighted by Crippen LogP contribution is -2.65. The van der Waals surface area contributed by atoms with E-state index in [1.807, 2.05) is 6.92 Å². The molecule has 0 radical (unpaired) electrons. The number of hydrogen-bond acceptors (Lipinski definition) is 50. The topological polar surface area (TPSA) is 853 Å². The smallest absolute Gasteiger partial charge is 0.239 e. The second-order valence-corrected chi connectivity index (χ2v) is 34.7. The van der Waals surface area contributed by atoms with Gasteiger partial charge >= 0.3 is 0 Å². The van der Waals surface area contributed by atoms with Crippen LogP contribution in [0.2, 0.25) is 0 Å². The van der Waals surface area contributed by atoms with Gasteiger partial charge in [0, 0.05) is 64.6 Å². The summed E-state index contributed by atoms with van der Waals surface area (Å²) in [5, 5.41) is 275. The number of amides is 5. The van der Waals surface area contributed by atoms with Gasteiger partial charge in [-0.05, 0) is 65.7 Å². The summed E-state index contributed by atoms with van der Waals surface area (Å²) < 4.78 is 88.5. The maximum atomic E-state index is 13.3. The van der Waals surface area contributed by atoms with Crippen molar-refractivity contribution in [3.8, 4) is 0 Å². The Morgan fingerprint density at radius 1 is 0.268 bits per heavy atom. The van der Waals surface area contributed by atoms with Crippen LogP contribution in [0.15, 0.2) is 0 Å². The molecule has 8 heterocycles. The Labute approximate surface area is 792 Å². The number of hydrogen-bond donors (Lipinski definition) is 29. The summed E-state index contributed by atoms with van der Waals surface area (Å²) in [6, 6.07) is 0. The molecule has 40 atom stereocenters. The molecule has 0 aromatic carbocycles. The zero-order valence-corrected chi connectivity index (χ0v) is 76.8. The molecular formula is C83H143N5O50. The Balaban J connectivity index is 0.000000376. The van der Waals surface area contributed by atoms with E-state index in [1.165, 1.54) is 13.8 Å². The van der Waals surface area contributed by atoms with E-state index in [-0.39, 0.29) is 95.8 Å². The molecule has 0 aromatic heterocycles. The number of unbranched alkanes of at least 4 members (excludes halogenated alkanes) is 2. The minimum Gasteiger partial charge on any atom is -0.394 e. The van der Waals surface area contributed by atoms with Gasteiger partial charge < -0.3 is 234 Å². The molecule has 8 fully saturated rings. The summed E-state index contributed by atoms with van der Waals surface area (Å²) >= 11 is 0. The van der Waals surface area contributed by atoms with E-state index < -0.39 is 360 Å². The molecule has 0 saturated carbocycles. The number of rotatable bonds is 53. The molecular weight excluding hydrogens is 1870 g/mol. The molecule has 55 nitrogen and oxygen atoms in total. The van der Waals surface area contributed by atoms with Gasteiger partial charge in [-0.3, -0.25) is 38.4 Å². The largest absolute Gasteiger partial charge is 0.394 e. The zero-order valence-electron chi connectivity index (χ0n) is 76.8. The van der Waals surface area contributed by atoms with Crippen molar-refractivity contribution in [1.82, 2.24) is 25.8 Å². The molecule has 0 aromatic rings. The SMILES string of the molecule is CCCC(=O)CCCCC(=O)N(CC(=O)CCCO[C@@H]1O[C@@H](C)[C@@H](O)[C@@H](O)[C@@H]1O)CC(=O)NCCO[C@H]1O[C@H](CO[C@H]2O[C@H](CO)[C@@H](O)[C@H](O)[C@@H]2O)[C@@H](O)[C@H](O[C@H]2O[C@H](CO)[C@@H](O)[C@H](O)[C@@H]2O)[C@@H]1O.CCNC(=O)CCCCC(=O)N(CC(=O)CCCO[C@@H]1O[C@@H](C)[C@@H](O)[C@@H](O)[C@@H]1O)CC(=O)NCCO[C@H]1O[C@H](CO[C@H]2O[C@H](CO)[C@@H](O)[C@H](O)[C@@H]2O)[C@@H](O)[C@H](O[C@H]2O[C@H](CO)[C@@H](O)[C@H](O)[C@@H]2O)[C@@H]1O. The van der Waals surface area contributed by atoms with Crippen molar-refractivity contribution in [3.63, 3.8) is 0 Å². The minimum absolute atomic E-state index is 0.0446. The quantitative estimate of drug-likeness (QED) is 0.0252. The number of aliphatic hydroxyl groups excluding tert-OH is 26. The third-order valence-corrected chi connectivity index (χ3v) is 24.1. The molecule has 0 spiro atoms. The van der Waals surface area contributed by atoms with Gasteiger partial charge in [0.15, 0.2) is 61.9 Å². The summed E-state index contributed by atoms with van der Waals surface area (Å²) in [4.78, 5) is 105. The number of ketones is 3. The maximum Gasteiger partial charge on any atom is 0.239 e.